The van der Waals surface area contributed by atoms with Gasteiger partial charge in [-0.05, 0) is 40.2 Å². The van der Waals surface area contributed by atoms with Crippen LogP contribution in [-0.2, 0) is 4.79 Å². The molecule has 7 heteroatoms. The van der Waals surface area contributed by atoms with E-state index in [2.05, 4.69) is 26.6 Å². The van der Waals surface area contributed by atoms with Gasteiger partial charge >= 0.3 is 0 Å². The number of para-hydroxylation sites is 1. The van der Waals surface area contributed by atoms with Crippen molar-refractivity contribution in [1.82, 2.24) is 0 Å². The second-order valence-corrected chi connectivity index (χ2v) is 5.99. The molecule has 0 fully saturated rings. The van der Waals surface area contributed by atoms with Gasteiger partial charge in [0.1, 0.15) is 11.6 Å². The monoisotopic (exact) mass is 409 g/mol. The standard InChI is InChI=1S/C16H10BrCl2N3O/c17-11-4-1-2-6-13(11)21-9-10(8-20)16(23)22-14-7-3-5-12(18)15(14)19/h1-7,9,21H,(H,22,23)/b10-9-. The van der Waals surface area contributed by atoms with Crippen molar-refractivity contribution < 1.29 is 4.79 Å². The molecule has 0 aliphatic rings. The average molecular weight is 411 g/mol. The van der Waals surface area contributed by atoms with Gasteiger partial charge in [0, 0.05) is 10.7 Å². The summed E-state index contributed by atoms with van der Waals surface area (Å²) in [5.41, 5.74) is 0.969. The number of nitrogens with zero attached hydrogens (tertiary/aromatic N) is 1. The van der Waals surface area contributed by atoms with Crippen molar-refractivity contribution >= 4 is 56.4 Å². The fourth-order valence-electron chi connectivity index (χ4n) is 1.67. The molecule has 0 aliphatic heterocycles. The second kappa shape index (κ2) is 8.02. The zero-order chi connectivity index (χ0) is 16.8. The van der Waals surface area contributed by atoms with Gasteiger partial charge in [-0.2, -0.15) is 5.26 Å². The maximum Gasteiger partial charge on any atom is 0.267 e. The summed E-state index contributed by atoms with van der Waals surface area (Å²) in [6.45, 7) is 0. The molecule has 4 nitrogen and oxygen atoms in total. The summed E-state index contributed by atoms with van der Waals surface area (Å²) >= 11 is 15.3. The lowest BCUT2D eigenvalue weighted by molar-refractivity contribution is -0.112. The second-order valence-electron chi connectivity index (χ2n) is 4.35. The molecule has 0 spiro atoms. The molecule has 0 aliphatic carbocycles. The van der Waals surface area contributed by atoms with Gasteiger partial charge in [-0.25, -0.2) is 0 Å². The quantitative estimate of drug-likeness (QED) is 0.536. The predicted molar refractivity (Wildman–Crippen MR) is 96.6 cm³/mol. The van der Waals surface area contributed by atoms with Crippen LogP contribution in [0.2, 0.25) is 10.0 Å². The summed E-state index contributed by atoms with van der Waals surface area (Å²) in [7, 11) is 0. The van der Waals surface area contributed by atoms with Crippen molar-refractivity contribution in [3.8, 4) is 6.07 Å². The third kappa shape index (κ3) is 4.49. The lowest BCUT2D eigenvalue weighted by Crippen LogP contribution is -2.15. The highest BCUT2D eigenvalue weighted by molar-refractivity contribution is 9.10. The summed E-state index contributed by atoms with van der Waals surface area (Å²) < 4.78 is 0.812. The maximum atomic E-state index is 12.2. The van der Waals surface area contributed by atoms with Crippen molar-refractivity contribution in [2.24, 2.45) is 0 Å². The highest BCUT2D eigenvalue weighted by atomic mass is 79.9. The number of nitriles is 1. The van der Waals surface area contributed by atoms with Gasteiger partial charge in [-0.15, -0.1) is 0 Å². The van der Waals surface area contributed by atoms with Crippen LogP contribution in [0, 0.1) is 11.3 Å². The minimum atomic E-state index is -0.587. The Bertz CT molecular complexity index is 815. The van der Waals surface area contributed by atoms with E-state index in [0.29, 0.717) is 10.7 Å². The first-order valence-corrected chi connectivity index (χ1v) is 7.94. The molecular weight excluding hydrogens is 401 g/mol. The number of nitrogens with one attached hydrogen (secondary N) is 2. The van der Waals surface area contributed by atoms with E-state index in [1.165, 1.54) is 6.20 Å². The zero-order valence-electron chi connectivity index (χ0n) is 11.6. The topological polar surface area (TPSA) is 64.9 Å². The van der Waals surface area contributed by atoms with E-state index < -0.39 is 5.91 Å². The SMILES string of the molecule is N#C/C(=C/Nc1ccccc1Br)C(=O)Nc1cccc(Cl)c1Cl. The number of hydrogen-bond donors (Lipinski definition) is 2. The van der Waals surface area contributed by atoms with Gasteiger partial charge in [0.05, 0.1) is 21.4 Å². The molecule has 0 heterocycles. The Labute approximate surface area is 151 Å². The first kappa shape index (κ1) is 17.4. The zero-order valence-corrected chi connectivity index (χ0v) is 14.7. The number of anilines is 2. The molecule has 0 unspecified atom stereocenters. The van der Waals surface area contributed by atoms with Gasteiger partial charge in [0.2, 0.25) is 0 Å². The van der Waals surface area contributed by atoms with E-state index in [-0.39, 0.29) is 10.6 Å². The van der Waals surface area contributed by atoms with E-state index in [1.807, 2.05) is 24.3 Å². The molecule has 0 saturated heterocycles. The molecule has 0 bridgehead atoms. The van der Waals surface area contributed by atoms with E-state index in [0.717, 1.165) is 10.2 Å². The summed E-state index contributed by atoms with van der Waals surface area (Å²) in [5, 5.41) is 15.2. The Kier molecular flexibility index (Phi) is 6.05. The fourth-order valence-corrected chi connectivity index (χ4v) is 2.41. The van der Waals surface area contributed by atoms with Crippen LogP contribution >= 0.6 is 39.1 Å². The highest BCUT2D eigenvalue weighted by Gasteiger charge is 2.12. The lowest BCUT2D eigenvalue weighted by atomic mass is 10.2. The van der Waals surface area contributed by atoms with Crippen LogP contribution in [0.1, 0.15) is 0 Å². The molecule has 0 atom stereocenters. The van der Waals surface area contributed by atoms with Crippen LogP contribution in [-0.4, -0.2) is 5.91 Å². The number of carbonyl (C=O) groups excluding carboxylic acids is 1. The molecule has 0 saturated carbocycles. The molecule has 2 N–H and O–H groups in total. The third-order valence-corrected chi connectivity index (χ3v) is 4.32. The third-order valence-electron chi connectivity index (χ3n) is 2.81. The van der Waals surface area contributed by atoms with Crippen molar-refractivity contribution in [3.63, 3.8) is 0 Å². The van der Waals surface area contributed by atoms with Gasteiger partial charge < -0.3 is 10.6 Å². The highest BCUT2D eigenvalue weighted by Crippen LogP contribution is 2.29. The summed E-state index contributed by atoms with van der Waals surface area (Å²) in [4.78, 5) is 12.2. The van der Waals surface area contributed by atoms with E-state index in [9.17, 15) is 4.79 Å². The van der Waals surface area contributed by atoms with Crippen LogP contribution in [0.25, 0.3) is 0 Å². The van der Waals surface area contributed by atoms with Crippen LogP contribution in [0.4, 0.5) is 11.4 Å². The molecular formula is C16H10BrCl2N3O. The predicted octanol–water partition coefficient (Wildman–Crippen LogP) is 5.21. The van der Waals surface area contributed by atoms with Gasteiger partial charge in [0.25, 0.3) is 5.91 Å². The number of rotatable bonds is 4. The normalized spacial score (nSPS) is 10.8. The number of hydrogen-bond acceptors (Lipinski definition) is 3. The largest absolute Gasteiger partial charge is 0.359 e. The lowest BCUT2D eigenvalue weighted by Gasteiger charge is -2.08. The smallest absolute Gasteiger partial charge is 0.267 e. The molecule has 2 aromatic carbocycles. The number of carbonyl (C=O) groups is 1. The van der Waals surface area contributed by atoms with Gasteiger partial charge in [0.15, 0.2) is 0 Å². The number of halogens is 3. The van der Waals surface area contributed by atoms with Crippen LogP contribution in [0.3, 0.4) is 0 Å². The van der Waals surface area contributed by atoms with Crippen molar-refractivity contribution in [1.29, 1.82) is 5.26 Å². The fraction of sp³-hybridized carbons (Fsp3) is 0. The molecule has 2 aromatic rings. The van der Waals surface area contributed by atoms with E-state index >= 15 is 0 Å². The van der Waals surface area contributed by atoms with Crippen LogP contribution in [0.15, 0.2) is 58.7 Å². The Morgan fingerprint density at radius 1 is 1.13 bits per heavy atom. The van der Waals surface area contributed by atoms with Crippen molar-refractivity contribution in [2.45, 2.75) is 0 Å². The first-order valence-electron chi connectivity index (χ1n) is 6.39. The number of amides is 1. The summed E-state index contributed by atoms with van der Waals surface area (Å²) in [6.07, 6.45) is 1.33. The number of benzene rings is 2. The maximum absolute atomic E-state index is 12.2. The Morgan fingerprint density at radius 3 is 2.52 bits per heavy atom. The molecule has 0 radical (unpaired) electrons. The molecule has 2 rings (SSSR count). The Hall–Kier alpha value is -2.00. The minimum Gasteiger partial charge on any atom is -0.359 e. The van der Waals surface area contributed by atoms with E-state index in [4.69, 9.17) is 28.5 Å². The average Bonchev–Trinajstić information content (AvgIpc) is 2.54. The van der Waals surface area contributed by atoms with Crippen molar-refractivity contribution in [3.05, 3.63) is 68.8 Å². The summed E-state index contributed by atoms with van der Waals surface area (Å²) in [6, 6.07) is 14.0. The Morgan fingerprint density at radius 2 is 1.83 bits per heavy atom. The molecule has 23 heavy (non-hydrogen) atoms. The van der Waals surface area contributed by atoms with Crippen molar-refractivity contribution in [2.75, 3.05) is 10.6 Å². The molecule has 1 amide bonds. The van der Waals surface area contributed by atoms with Crippen LogP contribution in [0.5, 0.6) is 0 Å². The van der Waals surface area contributed by atoms with E-state index in [1.54, 1.807) is 24.3 Å². The first-order chi connectivity index (χ1) is 11.0. The molecule has 0 aromatic heterocycles. The van der Waals surface area contributed by atoms with Crippen LogP contribution < -0.4 is 10.6 Å². The molecule has 116 valence electrons. The van der Waals surface area contributed by atoms with Gasteiger partial charge in [-0.3, -0.25) is 4.79 Å². The Balaban J connectivity index is 2.16. The minimum absolute atomic E-state index is 0.100. The van der Waals surface area contributed by atoms with Gasteiger partial charge in [-0.1, -0.05) is 41.4 Å². The summed E-state index contributed by atoms with van der Waals surface area (Å²) in [5.74, 6) is -0.587.